The fourth-order valence-corrected chi connectivity index (χ4v) is 1.74. The van der Waals surface area contributed by atoms with Crippen LogP contribution in [0.25, 0.3) is 0 Å². The standard InChI is InChI=1S/C8H14O3S/c1-3-4-5-6-8(9)7-12(2,10)11/h1,8-9H,4-7H2,2H3. The van der Waals surface area contributed by atoms with Crippen molar-refractivity contribution in [2.75, 3.05) is 12.0 Å². The summed E-state index contributed by atoms with van der Waals surface area (Å²) < 4.78 is 21.3. The number of aliphatic hydroxyl groups is 1. The second-order valence-corrected chi connectivity index (χ2v) is 5.03. The van der Waals surface area contributed by atoms with Crippen LogP contribution in [-0.2, 0) is 9.84 Å². The van der Waals surface area contributed by atoms with Crippen molar-refractivity contribution < 1.29 is 13.5 Å². The van der Waals surface area contributed by atoms with E-state index in [9.17, 15) is 8.42 Å². The molecule has 0 aromatic carbocycles. The molecule has 0 aliphatic rings. The second-order valence-electron chi connectivity index (χ2n) is 2.84. The smallest absolute Gasteiger partial charge is 0.149 e. The van der Waals surface area contributed by atoms with Gasteiger partial charge < -0.3 is 5.11 Å². The molecule has 0 aromatic rings. The maximum Gasteiger partial charge on any atom is 0.149 e. The van der Waals surface area contributed by atoms with Gasteiger partial charge in [-0.15, -0.1) is 12.3 Å². The highest BCUT2D eigenvalue weighted by molar-refractivity contribution is 7.90. The van der Waals surface area contributed by atoms with E-state index in [-0.39, 0.29) is 5.75 Å². The Balaban J connectivity index is 3.62. The molecule has 0 fully saturated rings. The SMILES string of the molecule is C#CCCCC(O)CS(C)(=O)=O. The van der Waals surface area contributed by atoms with Crippen LogP contribution in [0.5, 0.6) is 0 Å². The van der Waals surface area contributed by atoms with E-state index < -0.39 is 15.9 Å². The molecule has 3 nitrogen and oxygen atoms in total. The van der Waals surface area contributed by atoms with Crippen molar-refractivity contribution in [3.05, 3.63) is 0 Å². The highest BCUT2D eigenvalue weighted by atomic mass is 32.2. The van der Waals surface area contributed by atoms with Crippen molar-refractivity contribution in [1.29, 1.82) is 0 Å². The molecule has 0 aliphatic carbocycles. The summed E-state index contributed by atoms with van der Waals surface area (Å²) in [6.45, 7) is 0. The van der Waals surface area contributed by atoms with E-state index in [0.717, 1.165) is 6.26 Å². The van der Waals surface area contributed by atoms with Crippen molar-refractivity contribution in [2.45, 2.75) is 25.4 Å². The highest BCUT2D eigenvalue weighted by Crippen LogP contribution is 2.02. The molecule has 0 aromatic heterocycles. The predicted molar refractivity (Wildman–Crippen MR) is 48.4 cm³/mol. The van der Waals surface area contributed by atoms with Crippen LogP contribution in [0.2, 0.25) is 0 Å². The topological polar surface area (TPSA) is 54.4 Å². The van der Waals surface area contributed by atoms with Crippen LogP contribution < -0.4 is 0 Å². The van der Waals surface area contributed by atoms with Crippen LogP contribution in [0.1, 0.15) is 19.3 Å². The summed E-state index contributed by atoms with van der Waals surface area (Å²) in [4.78, 5) is 0. The van der Waals surface area contributed by atoms with Gasteiger partial charge in [-0.1, -0.05) is 0 Å². The molecule has 1 unspecified atom stereocenters. The van der Waals surface area contributed by atoms with Gasteiger partial charge in [-0.05, 0) is 12.8 Å². The Bertz CT molecular complexity index is 248. The third-order valence-electron chi connectivity index (χ3n) is 1.35. The van der Waals surface area contributed by atoms with Gasteiger partial charge in [-0.2, -0.15) is 0 Å². The Morgan fingerprint density at radius 3 is 2.58 bits per heavy atom. The molecule has 0 rings (SSSR count). The number of hydrogen-bond acceptors (Lipinski definition) is 3. The molecule has 1 N–H and O–H groups in total. The lowest BCUT2D eigenvalue weighted by atomic mass is 10.2. The average Bonchev–Trinajstić information content (AvgIpc) is 1.84. The Kier molecular flexibility index (Phi) is 4.95. The van der Waals surface area contributed by atoms with Crippen LogP contribution in [0, 0.1) is 12.3 Å². The minimum atomic E-state index is -3.06. The molecule has 4 heteroatoms. The number of terminal acetylenes is 1. The Labute approximate surface area is 73.7 Å². The monoisotopic (exact) mass is 190 g/mol. The molecule has 1 atom stereocenters. The molecule has 12 heavy (non-hydrogen) atoms. The summed E-state index contributed by atoms with van der Waals surface area (Å²) in [6, 6.07) is 0. The van der Waals surface area contributed by atoms with Crippen molar-refractivity contribution in [3.63, 3.8) is 0 Å². The van der Waals surface area contributed by atoms with Crippen LogP contribution in [-0.4, -0.2) is 31.6 Å². The van der Waals surface area contributed by atoms with Gasteiger partial charge in [0.05, 0.1) is 11.9 Å². The van der Waals surface area contributed by atoms with Gasteiger partial charge in [0, 0.05) is 12.7 Å². The van der Waals surface area contributed by atoms with E-state index in [0.29, 0.717) is 19.3 Å². The molecule has 70 valence electrons. The van der Waals surface area contributed by atoms with Gasteiger partial charge in [0.15, 0.2) is 0 Å². The Hall–Kier alpha value is -0.530. The average molecular weight is 190 g/mol. The minimum Gasteiger partial charge on any atom is -0.392 e. The fraction of sp³-hybridized carbons (Fsp3) is 0.750. The Morgan fingerprint density at radius 2 is 2.17 bits per heavy atom. The molecule has 0 aliphatic heterocycles. The third-order valence-corrected chi connectivity index (χ3v) is 2.34. The molecule has 0 heterocycles. The lowest BCUT2D eigenvalue weighted by Crippen LogP contribution is -2.19. The van der Waals surface area contributed by atoms with Crippen molar-refractivity contribution in [2.24, 2.45) is 0 Å². The maximum absolute atomic E-state index is 10.7. The molecule has 0 spiro atoms. The van der Waals surface area contributed by atoms with Crippen molar-refractivity contribution in [3.8, 4) is 12.3 Å². The quantitative estimate of drug-likeness (QED) is 0.497. The fourth-order valence-electron chi connectivity index (χ4n) is 0.873. The first-order valence-electron chi connectivity index (χ1n) is 3.75. The highest BCUT2D eigenvalue weighted by Gasteiger charge is 2.10. The number of aliphatic hydroxyl groups excluding tert-OH is 1. The molecular weight excluding hydrogens is 176 g/mol. The maximum atomic E-state index is 10.7. The van der Waals surface area contributed by atoms with E-state index >= 15 is 0 Å². The molecule has 0 saturated heterocycles. The van der Waals surface area contributed by atoms with Crippen LogP contribution in [0.15, 0.2) is 0 Å². The van der Waals surface area contributed by atoms with E-state index in [4.69, 9.17) is 11.5 Å². The predicted octanol–water partition coefficient (Wildman–Crippen LogP) is 0.195. The summed E-state index contributed by atoms with van der Waals surface area (Å²) in [5.74, 6) is 2.26. The zero-order valence-electron chi connectivity index (χ0n) is 7.16. The molecule has 0 amide bonds. The third kappa shape index (κ3) is 7.58. The normalized spacial score (nSPS) is 13.8. The lowest BCUT2D eigenvalue weighted by Gasteiger charge is -2.06. The zero-order chi connectivity index (χ0) is 9.61. The van der Waals surface area contributed by atoms with Gasteiger partial charge in [0.25, 0.3) is 0 Å². The van der Waals surface area contributed by atoms with Gasteiger partial charge in [-0.25, -0.2) is 8.42 Å². The van der Waals surface area contributed by atoms with E-state index in [1.165, 1.54) is 0 Å². The second kappa shape index (κ2) is 5.18. The first-order valence-corrected chi connectivity index (χ1v) is 5.81. The van der Waals surface area contributed by atoms with Crippen LogP contribution in [0.3, 0.4) is 0 Å². The summed E-state index contributed by atoms with van der Waals surface area (Å²) in [6.07, 6.45) is 7.04. The number of rotatable bonds is 5. The first kappa shape index (κ1) is 11.5. The molecule has 0 radical (unpaired) electrons. The van der Waals surface area contributed by atoms with Gasteiger partial charge >= 0.3 is 0 Å². The van der Waals surface area contributed by atoms with Gasteiger partial charge in [-0.3, -0.25) is 0 Å². The number of hydrogen-bond donors (Lipinski definition) is 1. The van der Waals surface area contributed by atoms with E-state index in [2.05, 4.69) is 5.92 Å². The van der Waals surface area contributed by atoms with Crippen LogP contribution in [0.4, 0.5) is 0 Å². The summed E-state index contributed by atoms with van der Waals surface area (Å²) >= 11 is 0. The van der Waals surface area contributed by atoms with Crippen molar-refractivity contribution in [1.82, 2.24) is 0 Å². The Morgan fingerprint density at radius 1 is 1.58 bits per heavy atom. The van der Waals surface area contributed by atoms with E-state index in [1.54, 1.807) is 0 Å². The van der Waals surface area contributed by atoms with Crippen molar-refractivity contribution >= 4 is 9.84 Å². The molecule has 0 saturated carbocycles. The zero-order valence-corrected chi connectivity index (χ0v) is 7.97. The largest absolute Gasteiger partial charge is 0.392 e. The number of unbranched alkanes of at least 4 members (excludes halogenated alkanes) is 1. The lowest BCUT2D eigenvalue weighted by molar-refractivity contribution is 0.185. The minimum absolute atomic E-state index is 0.169. The number of sulfone groups is 1. The van der Waals surface area contributed by atoms with Gasteiger partial charge in [0.1, 0.15) is 9.84 Å². The summed E-state index contributed by atoms with van der Waals surface area (Å²) in [5, 5.41) is 9.16. The summed E-state index contributed by atoms with van der Waals surface area (Å²) in [7, 11) is -3.06. The van der Waals surface area contributed by atoms with Gasteiger partial charge in [0.2, 0.25) is 0 Å². The molecule has 0 bridgehead atoms. The summed E-state index contributed by atoms with van der Waals surface area (Å²) in [5.41, 5.74) is 0. The molecular formula is C8H14O3S. The van der Waals surface area contributed by atoms with Crippen LogP contribution >= 0.6 is 0 Å². The van der Waals surface area contributed by atoms with E-state index in [1.807, 2.05) is 0 Å². The first-order chi connectivity index (χ1) is 5.45.